The predicted molar refractivity (Wildman–Crippen MR) is 75.3 cm³/mol. The molecule has 3 nitrogen and oxygen atoms in total. The van der Waals surface area contributed by atoms with Gasteiger partial charge in [0, 0.05) is 12.6 Å². The molecule has 1 unspecified atom stereocenters. The van der Waals surface area contributed by atoms with Crippen molar-refractivity contribution in [2.45, 2.75) is 40.2 Å². The van der Waals surface area contributed by atoms with E-state index in [1.807, 2.05) is 32.9 Å². The second kappa shape index (κ2) is 6.01. The van der Waals surface area contributed by atoms with E-state index in [-0.39, 0.29) is 11.9 Å². The van der Waals surface area contributed by atoms with Crippen molar-refractivity contribution < 1.29 is 4.79 Å². The Balaban J connectivity index is 2.60. The quantitative estimate of drug-likeness (QED) is 0.837. The molecule has 100 valence electrons. The summed E-state index contributed by atoms with van der Waals surface area (Å²) in [5.41, 5.74) is 7.63. The molecule has 1 rings (SSSR count). The van der Waals surface area contributed by atoms with Gasteiger partial charge in [-0.15, -0.1) is 0 Å². The lowest BCUT2D eigenvalue weighted by Crippen LogP contribution is -2.45. The number of hydrogen-bond donors (Lipinski definition) is 2. The molecule has 0 radical (unpaired) electrons. The molecule has 0 saturated heterocycles. The third-order valence-electron chi connectivity index (χ3n) is 3.29. The highest BCUT2D eigenvalue weighted by Crippen LogP contribution is 2.14. The van der Waals surface area contributed by atoms with Crippen LogP contribution in [0.3, 0.4) is 0 Å². The van der Waals surface area contributed by atoms with E-state index in [0.717, 1.165) is 6.42 Å². The topological polar surface area (TPSA) is 55.1 Å². The monoisotopic (exact) mass is 248 g/mol. The number of nitrogens with two attached hydrogens (primary N) is 1. The first kappa shape index (κ1) is 14.7. The van der Waals surface area contributed by atoms with Crippen molar-refractivity contribution in [1.82, 2.24) is 5.32 Å². The molecule has 0 aliphatic rings. The molecule has 18 heavy (non-hydrogen) atoms. The van der Waals surface area contributed by atoms with Crippen molar-refractivity contribution in [3.8, 4) is 0 Å². The number of benzene rings is 1. The van der Waals surface area contributed by atoms with Gasteiger partial charge in [0.05, 0.1) is 5.41 Å². The van der Waals surface area contributed by atoms with Gasteiger partial charge in [0.2, 0.25) is 5.91 Å². The normalized spacial score (nSPS) is 13.2. The Bertz CT molecular complexity index is 413. The van der Waals surface area contributed by atoms with Crippen molar-refractivity contribution >= 4 is 5.91 Å². The molecule has 3 N–H and O–H groups in total. The lowest BCUT2D eigenvalue weighted by molar-refractivity contribution is -0.129. The van der Waals surface area contributed by atoms with Gasteiger partial charge in [0.1, 0.15) is 0 Å². The van der Waals surface area contributed by atoms with Crippen molar-refractivity contribution in [1.29, 1.82) is 0 Å². The molecule has 1 aromatic carbocycles. The maximum Gasteiger partial charge on any atom is 0.227 e. The van der Waals surface area contributed by atoms with Crippen molar-refractivity contribution in [2.24, 2.45) is 11.1 Å². The molecule has 1 amide bonds. The van der Waals surface area contributed by atoms with Gasteiger partial charge in [-0.3, -0.25) is 4.79 Å². The number of amides is 1. The standard InChI is InChI=1S/C15H24N2O/c1-11-7-5-6-8-13(11)9-12(2)17-14(18)15(3,4)10-16/h5-8,12H,9-10,16H2,1-4H3,(H,17,18). The second-order valence-corrected chi connectivity index (χ2v) is 5.59. The number of carbonyl (C=O) groups excluding carboxylic acids is 1. The Hall–Kier alpha value is -1.35. The smallest absolute Gasteiger partial charge is 0.227 e. The number of carbonyl (C=O) groups is 1. The second-order valence-electron chi connectivity index (χ2n) is 5.59. The van der Waals surface area contributed by atoms with Crippen LogP contribution in [0.4, 0.5) is 0 Å². The number of rotatable bonds is 5. The summed E-state index contributed by atoms with van der Waals surface area (Å²) in [7, 11) is 0. The minimum atomic E-state index is -0.500. The van der Waals surface area contributed by atoms with Crippen molar-refractivity contribution in [2.75, 3.05) is 6.54 Å². The van der Waals surface area contributed by atoms with Crippen molar-refractivity contribution in [3.05, 3.63) is 35.4 Å². The molecule has 3 heteroatoms. The lowest BCUT2D eigenvalue weighted by atomic mass is 9.92. The van der Waals surface area contributed by atoms with Crippen LogP contribution < -0.4 is 11.1 Å². The fourth-order valence-electron chi connectivity index (χ4n) is 1.73. The minimum absolute atomic E-state index is 0.0195. The fourth-order valence-corrected chi connectivity index (χ4v) is 1.73. The Kier molecular flexibility index (Phi) is 4.91. The molecule has 0 heterocycles. The van der Waals surface area contributed by atoms with E-state index >= 15 is 0 Å². The largest absolute Gasteiger partial charge is 0.353 e. The Labute approximate surface area is 110 Å². The summed E-state index contributed by atoms with van der Waals surface area (Å²) in [5.74, 6) is 0.0195. The summed E-state index contributed by atoms with van der Waals surface area (Å²) in [4.78, 5) is 12.0. The highest BCUT2D eigenvalue weighted by molar-refractivity contribution is 5.82. The highest BCUT2D eigenvalue weighted by Gasteiger charge is 2.26. The minimum Gasteiger partial charge on any atom is -0.353 e. The van der Waals surface area contributed by atoms with Gasteiger partial charge in [-0.25, -0.2) is 0 Å². The number of aryl methyl sites for hydroxylation is 1. The first-order valence-electron chi connectivity index (χ1n) is 6.42. The molecule has 0 bridgehead atoms. The maximum atomic E-state index is 12.0. The summed E-state index contributed by atoms with van der Waals surface area (Å²) in [6, 6.07) is 8.37. The average Bonchev–Trinajstić information content (AvgIpc) is 2.32. The molecule has 0 spiro atoms. The lowest BCUT2D eigenvalue weighted by Gasteiger charge is -2.24. The molecule has 1 atom stereocenters. The van der Waals surface area contributed by atoms with Crippen LogP contribution in [-0.2, 0) is 11.2 Å². The fraction of sp³-hybridized carbons (Fsp3) is 0.533. The molecular weight excluding hydrogens is 224 g/mol. The third kappa shape index (κ3) is 3.84. The number of hydrogen-bond acceptors (Lipinski definition) is 2. The van der Waals surface area contributed by atoms with Crippen LogP contribution in [0.2, 0.25) is 0 Å². The van der Waals surface area contributed by atoms with Gasteiger partial charge in [-0.1, -0.05) is 24.3 Å². The average molecular weight is 248 g/mol. The van der Waals surface area contributed by atoms with Crippen LogP contribution in [0.1, 0.15) is 31.9 Å². The summed E-state index contributed by atoms with van der Waals surface area (Å²) in [6.45, 7) is 8.20. The van der Waals surface area contributed by atoms with Crippen LogP contribution >= 0.6 is 0 Å². The molecule has 0 aromatic heterocycles. The van der Waals surface area contributed by atoms with Crippen LogP contribution in [0.25, 0.3) is 0 Å². The first-order chi connectivity index (χ1) is 8.36. The molecular formula is C15H24N2O. The summed E-state index contributed by atoms with van der Waals surface area (Å²) in [5, 5.41) is 3.03. The van der Waals surface area contributed by atoms with Gasteiger partial charge < -0.3 is 11.1 Å². The SMILES string of the molecule is Cc1ccccc1CC(C)NC(=O)C(C)(C)CN. The molecule has 0 saturated carbocycles. The predicted octanol–water partition coefficient (Wildman–Crippen LogP) is 2.03. The molecule has 1 aromatic rings. The zero-order chi connectivity index (χ0) is 13.8. The summed E-state index contributed by atoms with van der Waals surface area (Å²) in [6.07, 6.45) is 0.846. The molecule has 0 aliphatic carbocycles. The summed E-state index contributed by atoms with van der Waals surface area (Å²) < 4.78 is 0. The highest BCUT2D eigenvalue weighted by atomic mass is 16.2. The van der Waals surface area contributed by atoms with Gasteiger partial charge in [-0.2, -0.15) is 0 Å². The maximum absolute atomic E-state index is 12.0. The van der Waals surface area contributed by atoms with Crippen LogP contribution in [-0.4, -0.2) is 18.5 Å². The zero-order valence-electron chi connectivity index (χ0n) is 11.8. The number of nitrogens with one attached hydrogen (secondary N) is 1. The van der Waals surface area contributed by atoms with Crippen molar-refractivity contribution in [3.63, 3.8) is 0 Å². The molecule has 0 fully saturated rings. The van der Waals surface area contributed by atoms with E-state index in [0.29, 0.717) is 6.54 Å². The van der Waals surface area contributed by atoms with E-state index < -0.39 is 5.41 Å². The summed E-state index contributed by atoms with van der Waals surface area (Å²) >= 11 is 0. The van der Waals surface area contributed by atoms with Gasteiger partial charge in [-0.05, 0) is 45.2 Å². The zero-order valence-corrected chi connectivity index (χ0v) is 11.8. The van der Waals surface area contributed by atoms with Gasteiger partial charge in [0.15, 0.2) is 0 Å². The third-order valence-corrected chi connectivity index (χ3v) is 3.29. The van der Waals surface area contributed by atoms with Crippen LogP contribution in [0, 0.1) is 12.3 Å². The van der Waals surface area contributed by atoms with Crippen LogP contribution in [0.5, 0.6) is 0 Å². The first-order valence-corrected chi connectivity index (χ1v) is 6.42. The Morgan fingerprint density at radius 1 is 1.39 bits per heavy atom. The van der Waals surface area contributed by atoms with E-state index in [2.05, 4.69) is 24.4 Å². The van der Waals surface area contributed by atoms with Gasteiger partial charge in [0.25, 0.3) is 0 Å². The van der Waals surface area contributed by atoms with Gasteiger partial charge >= 0.3 is 0 Å². The van der Waals surface area contributed by atoms with E-state index in [1.165, 1.54) is 11.1 Å². The van der Waals surface area contributed by atoms with E-state index in [9.17, 15) is 4.79 Å². The molecule has 0 aliphatic heterocycles. The Morgan fingerprint density at radius 2 is 2.00 bits per heavy atom. The Morgan fingerprint density at radius 3 is 2.56 bits per heavy atom. The van der Waals surface area contributed by atoms with E-state index in [1.54, 1.807) is 0 Å². The van der Waals surface area contributed by atoms with E-state index in [4.69, 9.17) is 5.73 Å². The van der Waals surface area contributed by atoms with Crippen LogP contribution in [0.15, 0.2) is 24.3 Å².